The number of hydrogen-bond acceptors (Lipinski definition) is 0. The average Bonchev–Trinajstić information content (AvgIpc) is 2.40. The first-order valence-electron chi connectivity index (χ1n) is 6.11. The van der Waals surface area contributed by atoms with Gasteiger partial charge in [-0.3, -0.25) is 0 Å². The molecule has 92 valence electrons. The van der Waals surface area contributed by atoms with Crippen LogP contribution in [-0.4, -0.2) is 0 Å². The normalized spacial score (nSPS) is 15.9. The Hall–Kier alpha value is -1.16. The molecule has 0 fully saturated rings. The van der Waals surface area contributed by atoms with E-state index >= 15 is 0 Å². The van der Waals surface area contributed by atoms with Crippen LogP contribution < -0.4 is 0 Å². The van der Waals surface area contributed by atoms with Crippen molar-refractivity contribution in [3.63, 3.8) is 0 Å². The number of rotatable bonds is 1. The van der Waals surface area contributed by atoms with Crippen molar-refractivity contribution in [3.8, 4) is 0 Å². The minimum absolute atomic E-state index is 0. The maximum Gasteiger partial charge on any atom is 2.00 e. The van der Waals surface area contributed by atoms with Crippen molar-refractivity contribution in [3.05, 3.63) is 77.4 Å². The Morgan fingerprint density at radius 2 is 1.78 bits per heavy atom. The van der Waals surface area contributed by atoms with Crippen LogP contribution in [0.5, 0.6) is 0 Å². The molecule has 0 saturated heterocycles. The van der Waals surface area contributed by atoms with Crippen molar-refractivity contribution in [2.75, 3.05) is 0 Å². The Labute approximate surface area is 122 Å². The van der Waals surface area contributed by atoms with Crippen LogP contribution in [0, 0.1) is 12.1 Å². The van der Waals surface area contributed by atoms with Gasteiger partial charge in [0.05, 0.1) is 0 Å². The van der Waals surface area contributed by atoms with E-state index in [-0.39, 0.29) is 20.4 Å². The van der Waals surface area contributed by atoms with Crippen molar-refractivity contribution in [1.29, 1.82) is 0 Å². The molecule has 0 N–H and O–H groups in total. The van der Waals surface area contributed by atoms with Crippen LogP contribution in [0.4, 0.5) is 0 Å². The summed E-state index contributed by atoms with van der Waals surface area (Å²) in [7, 11) is 0. The summed E-state index contributed by atoms with van der Waals surface area (Å²) in [6.07, 6.45) is 7.03. The molecule has 0 bridgehead atoms. The minimum atomic E-state index is 0. The quantitative estimate of drug-likeness (QED) is 0.548. The van der Waals surface area contributed by atoms with Gasteiger partial charge < -0.3 is 0 Å². The average molecular weight is 325 g/mol. The smallest absolute Gasteiger partial charge is 0.218 e. The van der Waals surface area contributed by atoms with Gasteiger partial charge in [0.2, 0.25) is 0 Å². The summed E-state index contributed by atoms with van der Waals surface area (Å²) in [6, 6.07) is 20.0. The number of allylic oxidation sites excluding steroid dienone is 1. The van der Waals surface area contributed by atoms with Crippen molar-refractivity contribution in [2.24, 2.45) is 0 Å². The van der Waals surface area contributed by atoms with Gasteiger partial charge in [0, 0.05) is 0 Å². The van der Waals surface area contributed by atoms with Crippen LogP contribution in [0.25, 0.3) is 5.57 Å². The maximum atomic E-state index is 3.52. The van der Waals surface area contributed by atoms with Gasteiger partial charge in [-0.15, -0.1) is 30.3 Å². The Morgan fingerprint density at radius 3 is 2.61 bits per heavy atom. The molecule has 1 aliphatic rings. The third kappa shape index (κ3) is 2.80. The van der Waals surface area contributed by atoms with E-state index in [9.17, 15) is 0 Å². The minimum Gasteiger partial charge on any atom is -0.218 e. The van der Waals surface area contributed by atoms with Crippen LogP contribution >= 0.6 is 0 Å². The van der Waals surface area contributed by atoms with Gasteiger partial charge in [0.15, 0.2) is 0 Å². The largest absolute Gasteiger partial charge is 2.00 e. The summed E-state index contributed by atoms with van der Waals surface area (Å²) in [5.41, 5.74) is 5.14. The molecule has 18 heavy (non-hydrogen) atoms. The van der Waals surface area contributed by atoms with Gasteiger partial charge in [-0.1, -0.05) is 25.3 Å². The number of benzene rings is 2. The van der Waals surface area contributed by atoms with E-state index in [0.29, 0.717) is 0 Å². The van der Waals surface area contributed by atoms with E-state index in [1.54, 1.807) is 0 Å². The monoisotopic (exact) mass is 324 g/mol. The van der Waals surface area contributed by atoms with E-state index in [2.05, 4.69) is 48.5 Å². The van der Waals surface area contributed by atoms with E-state index < -0.39 is 0 Å². The molecular formula is C17H14Pd. The SMILES string of the molecule is [C-](=C1CCCc2ccc[c-]c21)c1ccccc1.[Pd+2]. The molecule has 0 atom stereocenters. The Morgan fingerprint density at radius 1 is 0.944 bits per heavy atom. The Kier molecular flexibility index (Phi) is 4.53. The molecule has 0 radical (unpaired) electrons. The summed E-state index contributed by atoms with van der Waals surface area (Å²) >= 11 is 0. The molecule has 0 heterocycles. The fourth-order valence-electron chi connectivity index (χ4n) is 2.36. The molecule has 1 aliphatic carbocycles. The zero-order chi connectivity index (χ0) is 11.5. The number of fused-ring (bicyclic) bond motifs is 1. The molecule has 0 unspecified atom stereocenters. The third-order valence-corrected chi connectivity index (χ3v) is 3.19. The number of hydrogen-bond donors (Lipinski definition) is 0. The number of aryl methyl sites for hydroxylation is 1. The van der Waals surface area contributed by atoms with Gasteiger partial charge in [0.25, 0.3) is 0 Å². The molecule has 3 rings (SSSR count). The Balaban J connectivity index is 0.00000120. The molecule has 0 amide bonds. The van der Waals surface area contributed by atoms with Crippen LogP contribution in [0.1, 0.15) is 29.5 Å². The van der Waals surface area contributed by atoms with Crippen LogP contribution in [0.2, 0.25) is 0 Å². The van der Waals surface area contributed by atoms with Crippen molar-refractivity contribution in [1.82, 2.24) is 0 Å². The topological polar surface area (TPSA) is 0 Å². The zero-order valence-corrected chi connectivity index (χ0v) is 11.6. The second kappa shape index (κ2) is 6.14. The van der Waals surface area contributed by atoms with Gasteiger partial charge in [-0.25, -0.2) is 11.1 Å². The fraction of sp³-hybridized carbons (Fsp3) is 0.176. The van der Waals surface area contributed by atoms with Gasteiger partial charge in [0.1, 0.15) is 0 Å². The van der Waals surface area contributed by atoms with Crippen LogP contribution in [0.15, 0.2) is 48.5 Å². The molecule has 0 nitrogen and oxygen atoms in total. The Bertz CT molecular complexity index is 541. The summed E-state index contributed by atoms with van der Waals surface area (Å²) in [5, 5.41) is 0. The molecule has 2 aromatic rings. The summed E-state index contributed by atoms with van der Waals surface area (Å²) in [4.78, 5) is 0. The zero-order valence-electron chi connectivity index (χ0n) is 10.1. The first-order chi connectivity index (χ1) is 8.43. The van der Waals surface area contributed by atoms with Crippen molar-refractivity contribution in [2.45, 2.75) is 19.3 Å². The van der Waals surface area contributed by atoms with E-state index in [1.165, 1.54) is 29.5 Å². The molecule has 1 heteroatoms. The predicted molar refractivity (Wildman–Crippen MR) is 70.4 cm³/mol. The fourth-order valence-corrected chi connectivity index (χ4v) is 2.36. The van der Waals surface area contributed by atoms with Crippen LogP contribution in [0.3, 0.4) is 0 Å². The van der Waals surface area contributed by atoms with Crippen molar-refractivity contribution < 1.29 is 20.4 Å². The summed E-state index contributed by atoms with van der Waals surface area (Å²) < 4.78 is 0. The molecule has 0 aliphatic heterocycles. The molecule has 0 aromatic heterocycles. The van der Waals surface area contributed by atoms with Crippen molar-refractivity contribution >= 4 is 5.57 Å². The first-order valence-corrected chi connectivity index (χ1v) is 6.11. The standard InChI is InChI=1S/C17H14.Pd/c1-2-7-14(8-3-1)13-16-11-6-10-15-9-4-5-12-17(15)16;/h1-5,7-9H,6,10-11H2;/q-2;+2. The second-order valence-electron chi connectivity index (χ2n) is 4.39. The van der Waals surface area contributed by atoms with Crippen LogP contribution in [-0.2, 0) is 26.8 Å². The maximum absolute atomic E-state index is 3.52. The first kappa shape index (κ1) is 13.3. The third-order valence-electron chi connectivity index (χ3n) is 3.19. The van der Waals surface area contributed by atoms with Gasteiger partial charge >= 0.3 is 20.4 Å². The summed E-state index contributed by atoms with van der Waals surface area (Å²) in [5.74, 6) is 0. The van der Waals surface area contributed by atoms with E-state index in [4.69, 9.17) is 0 Å². The molecule has 2 aromatic carbocycles. The summed E-state index contributed by atoms with van der Waals surface area (Å²) in [6.45, 7) is 0. The molecule has 0 spiro atoms. The van der Waals surface area contributed by atoms with E-state index in [0.717, 1.165) is 12.0 Å². The molecular weight excluding hydrogens is 311 g/mol. The molecule has 0 saturated carbocycles. The van der Waals surface area contributed by atoms with E-state index in [1.807, 2.05) is 12.1 Å². The van der Waals surface area contributed by atoms with Gasteiger partial charge in [-0.2, -0.15) is 35.4 Å². The van der Waals surface area contributed by atoms with Gasteiger partial charge in [-0.05, 0) is 0 Å². The predicted octanol–water partition coefficient (Wildman–Crippen LogP) is 4.06. The second-order valence-corrected chi connectivity index (χ2v) is 4.39.